The van der Waals surface area contributed by atoms with Gasteiger partial charge in [0.2, 0.25) is 0 Å². The quantitative estimate of drug-likeness (QED) is 0.461. The van der Waals surface area contributed by atoms with Crippen LogP contribution in [-0.2, 0) is 16.0 Å². The summed E-state index contributed by atoms with van der Waals surface area (Å²) in [5, 5.41) is 11.3. The van der Waals surface area contributed by atoms with Crippen LogP contribution in [0.25, 0.3) is 5.76 Å². The highest BCUT2D eigenvalue weighted by Gasteiger charge is 2.50. The highest BCUT2D eigenvalue weighted by molar-refractivity contribution is 6.46. The van der Waals surface area contributed by atoms with Crippen molar-refractivity contribution in [3.8, 4) is 11.5 Å². The highest BCUT2D eigenvalue weighted by atomic mass is 16.5. The van der Waals surface area contributed by atoms with Gasteiger partial charge in [0.15, 0.2) is 0 Å². The zero-order valence-electron chi connectivity index (χ0n) is 17.5. The Morgan fingerprint density at radius 2 is 1.90 bits per heavy atom. The van der Waals surface area contributed by atoms with Gasteiger partial charge in [-0.3, -0.25) is 9.59 Å². The number of carbonyl (C=O) groups is 2. The van der Waals surface area contributed by atoms with E-state index in [1.54, 1.807) is 18.1 Å². The molecule has 0 radical (unpaired) electrons. The van der Waals surface area contributed by atoms with Crippen molar-refractivity contribution in [1.29, 1.82) is 0 Å². The van der Waals surface area contributed by atoms with E-state index in [-0.39, 0.29) is 17.4 Å². The molecule has 2 fully saturated rings. The van der Waals surface area contributed by atoms with Crippen LogP contribution in [0.3, 0.4) is 0 Å². The molecule has 160 valence electrons. The standard InChI is InChI=1S/C25H25NO5/c1-30-20-9-5-4-8-18(20)22-21(24(28)25(29)26(22)17-6-2-3-7-17)23(27)16-10-11-19-15(14-16)12-13-31-19/h4-5,8-11,14,17,22,27H,2-3,6-7,12-13H2,1H3/b23-21+. The van der Waals surface area contributed by atoms with E-state index in [2.05, 4.69) is 0 Å². The molecule has 2 heterocycles. The molecule has 1 saturated carbocycles. The van der Waals surface area contributed by atoms with E-state index >= 15 is 0 Å². The van der Waals surface area contributed by atoms with E-state index in [9.17, 15) is 14.7 Å². The Kier molecular flexibility index (Phi) is 4.93. The third-order valence-electron chi connectivity index (χ3n) is 6.59. The number of aliphatic hydroxyl groups is 1. The zero-order chi connectivity index (χ0) is 21.5. The fourth-order valence-corrected chi connectivity index (χ4v) is 5.10. The molecule has 1 N–H and O–H groups in total. The lowest BCUT2D eigenvalue weighted by atomic mass is 9.93. The number of benzene rings is 2. The van der Waals surface area contributed by atoms with Gasteiger partial charge in [0.1, 0.15) is 17.3 Å². The number of para-hydroxylation sites is 1. The zero-order valence-corrected chi connectivity index (χ0v) is 17.5. The number of nitrogens with zero attached hydrogens (tertiary/aromatic N) is 1. The molecule has 0 bridgehead atoms. The Morgan fingerprint density at radius 3 is 2.68 bits per heavy atom. The van der Waals surface area contributed by atoms with Crippen LogP contribution in [0.5, 0.6) is 11.5 Å². The molecule has 0 aromatic heterocycles. The molecule has 1 unspecified atom stereocenters. The van der Waals surface area contributed by atoms with Crippen molar-refractivity contribution in [2.75, 3.05) is 13.7 Å². The second-order valence-corrected chi connectivity index (χ2v) is 8.31. The molecule has 6 heteroatoms. The van der Waals surface area contributed by atoms with Crippen molar-refractivity contribution < 1.29 is 24.2 Å². The molecule has 1 saturated heterocycles. The van der Waals surface area contributed by atoms with Gasteiger partial charge in [0.05, 0.1) is 25.3 Å². The van der Waals surface area contributed by atoms with Gasteiger partial charge in [-0.1, -0.05) is 31.0 Å². The fraction of sp³-hybridized carbons (Fsp3) is 0.360. The van der Waals surface area contributed by atoms with Crippen molar-refractivity contribution >= 4 is 17.4 Å². The van der Waals surface area contributed by atoms with E-state index in [4.69, 9.17) is 9.47 Å². The van der Waals surface area contributed by atoms with Crippen LogP contribution in [0.15, 0.2) is 48.0 Å². The minimum Gasteiger partial charge on any atom is -0.507 e. The van der Waals surface area contributed by atoms with Crippen molar-refractivity contribution in [2.45, 2.75) is 44.2 Å². The van der Waals surface area contributed by atoms with E-state index in [1.807, 2.05) is 36.4 Å². The molecule has 2 aliphatic heterocycles. The minimum absolute atomic E-state index is 0.0231. The third-order valence-corrected chi connectivity index (χ3v) is 6.59. The average Bonchev–Trinajstić information content (AvgIpc) is 3.53. The van der Waals surface area contributed by atoms with Crippen LogP contribution in [0, 0.1) is 0 Å². The number of fused-ring (bicyclic) bond motifs is 1. The number of aliphatic hydroxyl groups excluding tert-OH is 1. The largest absolute Gasteiger partial charge is 0.507 e. The van der Waals surface area contributed by atoms with Crippen LogP contribution in [-0.4, -0.2) is 41.5 Å². The van der Waals surface area contributed by atoms with Gasteiger partial charge in [-0.2, -0.15) is 0 Å². The Balaban J connectivity index is 1.69. The predicted octanol–water partition coefficient (Wildman–Crippen LogP) is 3.99. The first kappa shape index (κ1) is 19.7. The minimum atomic E-state index is -0.677. The third kappa shape index (κ3) is 3.17. The maximum Gasteiger partial charge on any atom is 0.295 e. The molecular weight excluding hydrogens is 394 g/mol. The Hall–Kier alpha value is -3.28. The normalized spacial score (nSPS) is 22.6. The van der Waals surface area contributed by atoms with Crippen LogP contribution in [0.4, 0.5) is 0 Å². The monoisotopic (exact) mass is 419 g/mol. The van der Waals surface area contributed by atoms with Crippen molar-refractivity contribution in [3.05, 3.63) is 64.7 Å². The van der Waals surface area contributed by atoms with Gasteiger partial charge < -0.3 is 19.5 Å². The lowest BCUT2D eigenvalue weighted by molar-refractivity contribution is -0.141. The molecule has 6 nitrogen and oxygen atoms in total. The van der Waals surface area contributed by atoms with Gasteiger partial charge in [0.25, 0.3) is 11.7 Å². The molecule has 2 aromatic carbocycles. The summed E-state index contributed by atoms with van der Waals surface area (Å²) in [6.07, 6.45) is 4.51. The van der Waals surface area contributed by atoms with Crippen LogP contribution >= 0.6 is 0 Å². The molecule has 1 amide bonds. The van der Waals surface area contributed by atoms with Gasteiger partial charge in [-0.05, 0) is 42.7 Å². The number of Topliss-reactive ketones (excluding diaryl/α,β-unsaturated/α-hetero) is 1. The maximum atomic E-state index is 13.2. The fourth-order valence-electron chi connectivity index (χ4n) is 5.10. The number of ether oxygens (including phenoxy) is 2. The van der Waals surface area contributed by atoms with Crippen LogP contribution < -0.4 is 9.47 Å². The van der Waals surface area contributed by atoms with Gasteiger partial charge in [0, 0.05) is 23.6 Å². The second kappa shape index (κ2) is 7.76. The molecule has 2 aromatic rings. The number of methoxy groups -OCH3 is 1. The van der Waals surface area contributed by atoms with Crippen molar-refractivity contribution in [1.82, 2.24) is 4.90 Å². The number of ketones is 1. The van der Waals surface area contributed by atoms with E-state index in [0.29, 0.717) is 23.5 Å². The number of rotatable bonds is 4. The predicted molar refractivity (Wildman–Crippen MR) is 115 cm³/mol. The van der Waals surface area contributed by atoms with E-state index < -0.39 is 17.7 Å². The van der Waals surface area contributed by atoms with E-state index in [1.165, 1.54) is 0 Å². The van der Waals surface area contributed by atoms with Crippen molar-refractivity contribution in [3.63, 3.8) is 0 Å². The maximum absolute atomic E-state index is 13.2. The summed E-state index contributed by atoms with van der Waals surface area (Å²) in [7, 11) is 1.57. The number of carbonyl (C=O) groups excluding carboxylic acids is 2. The average molecular weight is 419 g/mol. The first-order chi connectivity index (χ1) is 15.1. The Morgan fingerprint density at radius 1 is 1.13 bits per heavy atom. The molecule has 1 aliphatic carbocycles. The first-order valence-corrected chi connectivity index (χ1v) is 10.8. The summed E-state index contributed by atoms with van der Waals surface area (Å²) in [6, 6.07) is 12.1. The smallest absolute Gasteiger partial charge is 0.295 e. The lowest BCUT2D eigenvalue weighted by Crippen LogP contribution is -2.37. The SMILES string of the molecule is COc1ccccc1C1/C(=C(\O)c2ccc3c(c2)CCO3)C(=O)C(=O)N1C1CCCC1. The summed E-state index contributed by atoms with van der Waals surface area (Å²) in [4.78, 5) is 28.1. The lowest BCUT2D eigenvalue weighted by Gasteiger charge is -2.31. The molecule has 31 heavy (non-hydrogen) atoms. The molecular formula is C25H25NO5. The topological polar surface area (TPSA) is 76.1 Å². The number of hydrogen-bond donors (Lipinski definition) is 1. The van der Waals surface area contributed by atoms with Gasteiger partial charge >= 0.3 is 0 Å². The number of amides is 1. The first-order valence-electron chi connectivity index (χ1n) is 10.8. The number of hydrogen-bond acceptors (Lipinski definition) is 5. The molecule has 1 atom stereocenters. The highest BCUT2D eigenvalue weighted by Crippen LogP contribution is 2.46. The Labute approximate surface area is 181 Å². The van der Waals surface area contributed by atoms with Crippen LogP contribution in [0.1, 0.15) is 48.4 Å². The Bertz CT molecular complexity index is 1080. The molecule has 3 aliphatic rings. The summed E-state index contributed by atoms with van der Waals surface area (Å²) in [6.45, 7) is 0.604. The summed E-state index contributed by atoms with van der Waals surface area (Å²) >= 11 is 0. The van der Waals surface area contributed by atoms with Crippen molar-refractivity contribution in [2.24, 2.45) is 0 Å². The molecule has 0 spiro atoms. The summed E-state index contributed by atoms with van der Waals surface area (Å²) in [5.41, 5.74) is 2.35. The van der Waals surface area contributed by atoms with E-state index in [0.717, 1.165) is 43.4 Å². The number of likely N-dealkylation sites (tertiary alicyclic amines) is 1. The molecule has 5 rings (SSSR count). The summed E-state index contributed by atoms with van der Waals surface area (Å²) < 4.78 is 11.1. The van der Waals surface area contributed by atoms with Gasteiger partial charge in [-0.15, -0.1) is 0 Å². The van der Waals surface area contributed by atoms with Crippen LogP contribution in [0.2, 0.25) is 0 Å². The van der Waals surface area contributed by atoms with Gasteiger partial charge in [-0.25, -0.2) is 0 Å². The second-order valence-electron chi connectivity index (χ2n) is 8.31. The summed E-state index contributed by atoms with van der Waals surface area (Å²) in [5.74, 6) is 0.0465.